The number of hydrogen-bond donors (Lipinski definition) is 1. The van der Waals surface area contributed by atoms with Gasteiger partial charge in [0.25, 0.3) is 5.91 Å². The summed E-state index contributed by atoms with van der Waals surface area (Å²) in [4.78, 5) is 25.0. The molecule has 0 radical (unpaired) electrons. The van der Waals surface area contributed by atoms with Gasteiger partial charge in [-0.1, -0.05) is 29.8 Å². The molecule has 0 saturated heterocycles. The van der Waals surface area contributed by atoms with Crippen molar-refractivity contribution in [3.63, 3.8) is 0 Å². The Kier molecular flexibility index (Phi) is 7.37. The molecule has 9 heteroatoms. The van der Waals surface area contributed by atoms with Crippen molar-refractivity contribution in [2.45, 2.75) is 20.4 Å². The lowest BCUT2D eigenvalue weighted by molar-refractivity contribution is -0.119. The van der Waals surface area contributed by atoms with Crippen LogP contribution in [0.4, 0.5) is 5.69 Å². The van der Waals surface area contributed by atoms with Crippen LogP contribution < -0.4 is 14.8 Å². The zero-order valence-electron chi connectivity index (χ0n) is 18.3. The molecule has 1 heterocycles. The van der Waals surface area contributed by atoms with Crippen LogP contribution in [0.5, 0.6) is 11.5 Å². The number of aromatic nitrogens is 2. The number of esters is 1. The van der Waals surface area contributed by atoms with Gasteiger partial charge in [-0.3, -0.25) is 9.48 Å². The molecule has 0 aliphatic heterocycles. The van der Waals surface area contributed by atoms with Gasteiger partial charge >= 0.3 is 5.97 Å². The van der Waals surface area contributed by atoms with E-state index >= 15 is 0 Å². The summed E-state index contributed by atoms with van der Waals surface area (Å²) in [7, 11) is 3.03. The van der Waals surface area contributed by atoms with Crippen molar-refractivity contribution in [1.82, 2.24) is 9.78 Å². The molecule has 32 heavy (non-hydrogen) atoms. The highest BCUT2D eigenvalue weighted by molar-refractivity contribution is 6.31. The molecule has 1 N–H and O–H groups in total. The van der Waals surface area contributed by atoms with E-state index in [2.05, 4.69) is 10.4 Å². The van der Waals surface area contributed by atoms with E-state index in [0.717, 1.165) is 5.56 Å². The lowest BCUT2D eigenvalue weighted by Gasteiger charge is -2.10. The number of aryl methyl sites for hydroxylation is 1. The molecule has 0 spiro atoms. The first kappa shape index (κ1) is 23.1. The number of ether oxygens (including phenoxy) is 3. The van der Waals surface area contributed by atoms with Gasteiger partial charge in [0.2, 0.25) is 0 Å². The van der Waals surface area contributed by atoms with E-state index in [1.54, 1.807) is 42.8 Å². The summed E-state index contributed by atoms with van der Waals surface area (Å²) in [5, 5.41) is 7.71. The third-order valence-electron chi connectivity index (χ3n) is 4.83. The second kappa shape index (κ2) is 10.2. The summed E-state index contributed by atoms with van der Waals surface area (Å²) in [5.41, 5.74) is 2.81. The van der Waals surface area contributed by atoms with Gasteiger partial charge in [0.05, 0.1) is 32.2 Å². The summed E-state index contributed by atoms with van der Waals surface area (Å²) in [6.45, 7) is 3.45. The van der Waals surface area contributed by atoms with E-state index in [9.17, 15) is 9.59 Å². The molecule has 1 amide bonds. The Morgan fingerprint density at radius 2 is 1.72 bits per heavy atom. The van der Waals surface area contributed by atoms with Gasteiger partial charge in [-0.15, -0.1) is 0 Å². The van der Waals surface area contributed by atoms with Crippen LogP contribution in [0.3, 0.4) is 0 Å². The Hall–Kier alpha value is -3.52. The molecule has 3 rings (SSSR count). The fraction of sp³-hybridized carbons (Fsp3) is 0.261. The minimum absolute atomic E-state index is 0.327. The van der Waals surface area contributed by atoms with Gasteiger partial charge in [0, 0.05) is 28.9 Å². The molecular formula is C23H24ClN3O5. The smallest absolute Gasteiger partial charge is 0.342 e. The van der Waals surface area contributed by atoms with Crippen molar-refractivity contribution in [3.05, 3.63) is 70.0 Å². The summed E-state index contributed by atoms with van der Waals surface area (Å²) in [6, 6.07) is 12.4. The van der Waals surface area contributed by atoms with Crippen LogP contribution in [0.25, 0.3) is 0 Å². The third kappa shape index (κ3) is 5.39. The molecule has 0 aliphatic carbocycles. The summed E-state index contributed by atoms with van der Waals surface area (Å²) >= 11 is 6.23. The van der Waals surface area contributed by atoms with Crippen molar-refractivity contribution >= 4 is 29.2 Å². The molecule has 8 nitrogen and oxygen atoms in total. The standard InChI is InChI=1S/C23H24ClN3O5/c1-14-22(15(2)27(26-14)12-16-7-5-6-8-20(16)24)23(29)32-13-21(28)25-17-9-18(30-3)11-19(10-17)31-4/h5-11H,12-13H2,1-4H3,(H,25,28). The molecule has 1 aromatic heterocycles. The number of anilines is 1. The Labute approximate surface area is 191 Å². The lowest BCUT2D eigenvalue weighted by Crippen LogP contribution is -2.21. The van der Waals surface area contributed by atoms with E-state index in [-0.39, 0.29) is 0 Å². The number of halogens is 1. The SMILES string of the molecule is COc1cc(NC(=O)COC(=O)c2c(C)nn(Cc3ccccc3Cl)c2C)cc(OC)c1. The number of rotatable bonds is 8. The minimum Gasteiger partial charge on any atom is -0.497 e. The minimum atomic E-state index is -0.621. The molecule has 2 aromatic carbocycles. The first-order valence-corrected chi connectivity index (χ1v) is 10.2. The second-order valence-electron chi connectivity index (χ2n) is 7.02. The summed E-state index contributed by atoms with van der Waals surface area (Å²) < 4.78 is 17.3. The average Bonchev–Trinajstić information content (AvgIpc) is 3.06. The third-order valence-corrected chi connectivity index (χ3v) is 5.20. The molecule has 0 saturated carbocycles. The number of methoxy groups -OCH3 is 2. The van der Waals surface area contributed by atoms with Crippen LogP contribution >= 0.6 is 11.6 Å². The quantitative estimate of drug-likeness (QED) is 0.514. The molecule has 0 aliphatic rings. The highest BCUT2D eigenvalue weighted by Crippen LogP contribution is 2.26. The van der Waals surface area contributed by atoms with Crippen LogP contribution in [-0.4, -0.2) is 42.5 Å². The molecule has 0 bridgehead atoms. The van der Waals surface area contributed by atoms with Crippen molar-refractivity contribution in [2.24, 2.45) is 0 Å². The Balaban J connectivity index is 1.66. The van der Waals surface area contributed by atoms with Gasteiger partial charge in [-0.2, -0.15) is 5.10 Å². The van der Waals surface area contributed by atoms with Crippen molar-refractivity contribution in [3.8, 4) is 11.5 Å². The van der Waals surface area contributed by atoms with E-state index < -0.39 is 18.5 Å². The maximum Gasteiger partial charge on any atom is 0.342 e. The number of nitrogens with one attached hydrogen (secondary N) is 1. The monoisotopic (exact) mass is 457 g/mol. The Morgan fingerprint density at radius 3 is 2.34 bits per heavy atom. The first-order chi connectivity index (χ1) is 15.3. The van der Waals surface area contributed by atoms with Crippen LogP contribution in [0.1, 0.15) is 27.3 Å². The van der Waals surface area contributed by atoms with Crippen LogP contribution in [0, 0.1) is 13.8 Å². The van der Waals surface area contributed by atoms with Crippen LogP contribution in [0.2, 0.25) is 5.02 Å². The number of benzene rings is 2. The highest BCUT2D eigenvalue weighted by atomic mass is 35.5. The van der Waals surface area contributed by atoms with E-state index in [1.165, 1.54) is 14.2 Å². The topological polar surface area (TPSA) is 91.7 Å². The van der Waals surface area contributed by atoms with Crippen molar-refractivity contribution in [1.29, 1.82) is 0 Å². The van der Waals surface area contributed by atoms with E-state index in [1.807, 2.05) is 18.2 Å². The lowest BCUT2D eigenvalue weighted by atomic mass is 10.2. The Morgan fingerprint density at radius 1 is 1.06 bits per heavy atom. The molecular weight excluding hydrogens is 434 g/mol. The Bertz CT molecular complexity index is 1120. The van der Waals surface area contributed by atoms with Gasteiger partial charge in [0.15, 0.2) is 6.61 Å². The molecule has 0 fully saturated rings. The van der Waals surface area contributed by atoms with Gasteiger partial charge in [0.1, 0.15) is 17.1 Å². The highest BCUT2D eigenvalue weighted by Gasteiger charge is 2.21. The van der Waals surface area contributed by atoms with Crippen LogP contribution in [0.15, 0.2) is 42.5 Å². The molecule has 3 aromatic rings. The van der Waals surface area contributed by atoms with Gasteiger partial charge in [-0.25, -0.2) is 4.79 Å². The number of amides is 1. The largest absolute Gasteiger partial charge is 0.497 e. The molecule has 168 valence electrons. The summed E-state index contributed by atoms with van der Waals surface area (Å²) in [5.74, 6) is -0.0705. The van der Waals surface area contributed by atoms with Crippen molar-refractivity contribution in [2.75, 3.05) is 26.1 Å². The number of carbonyl (C=O) groups is 2. The molecule has 0 atom stereocenters. The summed E-state index contributed by atoms with van der Waals surface area (Å²) in [6.07, 6.45) is 0. The average molecular weight is 458 g/mol. The number of nitrogens with zero attached hydrogens (tertiary/aromatic N) is 2. The number of carbonyl (C=O) groups excluding carboxylic acids is 2. The first-order valence-electron chi connectivity index (χ1n) is 9.79. The second-order valence-corrected chi connectivity index (χ2v) is 7.43. The zero-order valence-corrected chi connectivity index (χ0v) is 19.0. The normalized spacial score (nSPS) is 10.5. The molecule has 0 unspecified atom stereocenters. The van der Waals surface area contributed by atoms with Crippen molar-refractivity contribution < 1.29 is 23.8 Å². The van der Waals surface area contributed by atoms with E-state index in [0.29, 0.717) is 45.7 Å². The predicted octanol–water partition coefficient (Wildman–Crippen LogP) is 4.01. The van der Waals surface area contributed by atoms with Gasteiger partial charge in [-0.05, 0) is 25.5 Å². The fourth-order valence-electron chi connectivity index (χ4n) is 3.21. The maximum absolute atomic E-state index is 12.7. The van der Waals surface area contributed by atoms with Gasteiger partial charge < -0.3 is 19.5 Å². The van der Waals surface area contributed by atoms with Crippen LogP contribution in [-0.2, 0) is 16.1 Å². The van der Waals surface area contributed by atoms with E-state index in [4.69, 9.17) is 25.8 Å². The zero-order chi connectivity index (χ0) is 23.3. The maximum atomic E-state index is 12.7. The fourth-order valence-corrected chi connectivity index (χ4v) is 3.41. The predicted molar refractivity (Wildman–Crippen MR) is 121 cm³/mol. The number of hydrogen-bond acceptors (Lipinski definition) is 6.